The van der Waals surface area contributed by atoms with E-state index < -0.39 is 16.0 Å². The van der Waals surface area contributed by atoms with Gasteiger partial charge in [-0.05, 0) is 37.1 Å². The van der Waals surface area contributed by atoms with Gasteiger partial charge in [-0.3, -0.25) is 0 Å². The van der Waals surface area contributed by atoms with E-state index in [1.54, 1.807) is 14.0 Å². The van der Waals surface area contributed by atoms with Gasteiger partial charge in [0.15, 0.2) is 6.61 Å². The fraction of sp³-hybridized carbons (Fsp3) is 0.500. The molecule has 0 aliphatic heterocycles. The van der Waals surface area contributed by atoms with Gasteiger partial charge in [-0.2, -0.15) is 4.31 Å². The third-order valence-electron chi connectivity index (χ3n) is 4.75. The molecule has 9 heteroatoms. The van der Waals surface area contributed by atoms with Crippen molar-refractivity contribution < 1.29 is 22.4 Å². The SMILES string of the molecule is Cc1nnc(COC(=O)c2ccc(S(=O)(=O)N(C)C3CCCCC3)cc2)o1. The Labute approximate surface area is 158 Å². The lowest BCUT2D eigenvalue weighted by molar-refractivity contribution is 0.0436. The Hall–Kier alpha value is -2.26. The molecule has 3 rings (SSSR count). The Morgan fingerprint density at radius 1 is 1.19 bits per heavy atom. The van der Waals surface area contributed by atoms with Gasteiger partial charge in [-0.1, -0.05) is 19.3 Å². The number of ether oxygens (including phenoxy) is 1. The first-order valence-electron chi connectivity index (χ1n) is 8.92. The number of carbonyl (C=O) groups excluding carboxylic acids is 1. The van der Waals surface area contributed by atoms with Crippen LogP contribution in [0.2, 0.25) is 0 Å². The number of nitrogens with zero attached hydrogens (tertiary/aromatic N) is 3. The minimum atomic E-state index is -3.59. The summed E-state index contributed by atoms with van der Waals surface area (Å²) in [6, 6.07) is 5.79. The Kier molecular flexibility index (Phi) is 5.91. The van der Waals surface area contributed by atoms with E-state index in [2.05, 4.69) is 10.2 Å². The van der Waals surface area contributed by atoms with Gasteiger partial charge in [0.1, 0.15) is 0 Å². The number of aryl methyl sites for hydroxylation is 1. The Morgan fingerprint density at radius 3 is 2.44 bits per heavy atom. The molecule has 0 saturated heterocycles. The number of aromatic nitrogens is 2. The number of rotatable bonds is 6. The molecule has 27 heavy (non-hydrogen) atoms. The molecule has 0 spiro atoms. The fourth-order valence-electron chi connectivity index (χ4n) is 3.18. The van der Waals surface area contributed by atoms with Crippen LogP contribution in [0.15, 0.2) is 33.6 Å². The maximum atomic E-state index is 12.8. The molecule has 1 aliphatic rings. The smallest absolute Gasteiger partial charge is 0.338 e. The van der Waals surface area contributed by atoms with Crippen LogP contribution in [0.1, 0.15) is 54.2 Å². The number of esters is 1. The zero-order valence-corrected chi connectivity index (χ0v) is 16.2. The third kappa shape index (κ3) is 4.54. The fourth-order valence-corrected chi connectivity index (χ4v) is 4.59. The monoisotopic (exact) mass is 393 g/mol. The topological polar surface area (TPSA) is 103 Å². The van der Waals surface area contributed by atoms with E-state index in [-0.39, 0.29) is 29.0 Å². The molecule has 8 nitrogen and oxygen atoms in total. The molecule has 1 aromatic carbocycles. The summed E-state index contributed by atoms with van der Waals surface area (Å²) in [7, 11) is -1.96. The van der Waals surface area contributed by atoms with Crippen molar-refractivity contribution in [3.63, 3.8) is 0 Å². The van der Waals surface area contributed by atoms with Crippen molar-refractivity contribution in [3.05, 3.63) is 41.6 Å². The van der Waals surface area contributed by atoms with Crippen LogP contribution in [-0.4, -0.2) is 42.0 Å². The Morgan fingerprint density at radius 2 is 1.85 bits per heavy atom. The van der Waals surface area contributed by atoms with Crippen molar-refractivity contribution in [1.29, 1.82) is 0 Å². The van der Waals surface area contributed by atoms with Crippen LogP contribution in [0.3, 0.4) is 0 Å². The van der Waals surface area contributed by atoms with Gasteiger partial charge in [0.05, 0.1) is 10.5 Å². The molecular formula is C18H23N3O5S. The molecule has 1 heterocycles. The van der Waals surface area contributed by atoms with E-state index in [1.807, 2.05) is 0 Å². The average molecular weight is 393 g/mol. The number of hydrogen-bond acceptors (Lipinski definition) is 7. The second-order valence-electron chi connectivity index (χ2n) is 6.63. The highest BCUT2D eigenvalue weighted by atomic mass is 32.2. The quantitative estimate of drug-likeness (QED) is 0.695. The van der Waals surface area contributed by atoms with Crippen LogP contribution in [-0.2, 0) is 21.4 Å². The van der Waals surface area contributed by atoms with Crippen molar-refractivity contribution in [3.8, 4) is 0 Å². The molecule has 1 aliphatic carbocycles. The zero-order chi connectivity index (χ0) is 19.4. The van der Waals surface area contributed by atoms with E-state index in [0.29, 0.717) is 5.89 Å². The van der Waals surface area contributed by atoms with Crippen molar-refractivity contribution in [2.24, 2.45) is 0 Å². The molecule has 0 N–H and O–H groups in total. The first kappa shape index (κ1) is 19.5. The molecule has 1 fully saturated rings. The summed E-state index contributed by atoms with van der Waals surface area (Å²) in [5, 5.41) is 7.39. The van der Waals surface area contributed by atoms with Crippen LogP contribution < -0.4 is 0 Å². The van der Waals surface area contributed by atoms with Crippen LogP contribution >= 0.6 is 0 Å². The highest BCUT2D eigenvalue weighted by Gasteiger charge is 2.29. The predicted octanol–water partition coefficient (Wildman–Crippen LogP) is 2.69. The van der Waals surface area contributed by atoms with Crippen molar-refractivity contribution >= 4 is 16.0 Å². The van der Waals surface area contributed by atoms with Gasteiger partial charge >= 0.3 is 5.97 Å². The van der Waals surface area contributed by atoms with E-state index in [4.69, 9.17) is 9.15 Å². The van der Waals surface area contributed by atoms with Gasteiger partial charge in [0.25, 0.3) is 5.89 Å². The maximum absolute atomic E-state index is 12.8. The summed E-state index contributed by atoms with van der Waals surface area (Å²) < 4.78 is 37.3. The standard InChI is InChI=1S/C18H23N3O5S/c1-13-19-20-17(26-13)12-25-18(22)14-8-10-16(11-9-14)27(23,24)21(2)15-6-4-3-5-7-15/h8-11,15H,3-7,12H2,1-2H3. The molecule has 1 saturated carbocycles. The minimum absolute atomic E-state index is 0.0336. The van der Waals surface area contributed by atoms with Gasteiger partial charge in [0, 0.05) is 20.0 Å². The number of hydrogen-bond donors (Lipinski definition) is 0. The highest BCUT2D eigenvalue weighted by molar-refractivity contribution is 7.89. The lowest BCUT2D eigenvalue weighted by Gasteiger charge is -2.30. The molecule has 2 aromatic rings. The molecule has 0 atom stereocenters. The van der Waals surface area contributed by atoms with Crippen LogP contribution in [0, 0.1) is 6.92 Å². The predicted molar refractivity (Wildman–Crippen MR) is 96.4 cm³/mol. The lowest BCUT2D eigenvalue weighted by atomic mass is 9.96. The molecule has 0 unspecified atom stereocenters. The number of carbonyl (C=O) groups is 1. The Balaban J connectivity index is 1.65. The van der Waals surface area contributed by atoms with E-state index in [1.165, 1.54) is 28.6 Å². The lowest BCUT2D eigenvalue weighted by Crippen LogP contribution is -2.38. The summed E-state index contributed by atoms with van der Waals surface area (Å²) in [4.78, 5) is 12.3. The van der Waals surface area contributed by atoms with Crippen molar-refractivity contribution in [2.45, 2.75) is 56.6 Å². The molecular weight excluding hydrogens is 370 g/mol. The number of benzene rings is 1. The first-order chi connectivity index (χ1) is 12.9. The summed E-state index contributed by atoms with van der Waals surface area (Å²) in [5.74, 6) is 0.00212. The molecule has 0 radical (unpaired) electrons. The third-order valence-corrected chi connectivity index (χ3v) is 6.67. The van der Waals surface area contributed by atoms with E-state index in [9.17, 15) is 13.2 Å². The molecule has 146 valence electrons. The second-order valence-corrected chi connectivity index (χ2v) is 8.63. The summed E-state index contributed by atoms with van der Waals surface area (Å²) >= 11 is 0. The van der Waals surface area contributed by atoms with Crippen LogP contribution in [0.25, 0.3) is 0 Å². The summed E-state index contributed by atoms with van der Waals surface area (Å²) in [5.41, 5.74) is 0.255. The molecule has 0 amide bonds. The Bertz CT molecular complexity index is 886. The van der Waals surface area contributed by atoms with Gasteiger partial charge < -0.3 is 9.15 Å². The zero-order valence-electron chi connectivity index (χ0n) is 15.4. The van der Waals surface area contributed by atoms with Gasteiger partial charge in [0.2, 0.25) is 15.9 Å². The normalized spacial score (nSPS) is 15.8. The number of sulfonamides is 1. The summed E-state index contributed by atoms with van der Waals surface area (Å²) in [6.07, 6.45) is 5.03. The molecule has 1 aromatic heterocycles. The minimum Gasteiger partial charge on any atom is -0.452 e. The maximum Gasteiger partial charge on any atom is 0.338 e. The van der Waals surface area contributed by atoms with Crippen LogP contribution in [0.5, 0.6) is 0 Å². The first-order valence-corrected chi connectivity index (χ1v) is 10.4. The largest absolute Gasteiger partial charge is 0.452 e. The van der Waals surface area contributed by atoms with E-state index in [0.717, 1.165) is 32.1 Å². The van der Waals surface area contributed by atoms with Gasteiger partial charge in [-0.15, -0.1) is 10.2 Å². The average Bonchev–Trinajstić information content (AvgIpc) is 3.11. The van der Waals surface area contributed by atoms with Gasteiger partial charge in [-0.25, -0.2) is 13.2 Å². The van der Waals surface area contributed by atoms with E-state index >= 15 is 0 Å². The highest BCUT2D eigenvalue weighted by Crippen LogP contribution is 2.26. The molecule has 0 bridgehead atoms. The van der Waals surface area contributed by atoms with Crippen molar-refractivity contribution in [1.82, 2.24) is 14.5 Å². The summed E-state index contributed by atoms with van der Waals surface area (Å²) in [6.45, 7) is 1.51. The van der Waals surface area contributed by atoms with Crippen LogP contribution in [0.4, 0.5) is 0 Å². The second kappa shape index (κ2) is 8.18. The van der Waals surface area contributed by atoms with Crippen molar-refractivity contribution in [2.75, 3.05) is 7.05 Å².